The van der Waals surface area contributed by atoms with Crippen molar-refractivity contribution >= 4 is 6.03 Å². The predicted molar refractivity (Wildman–Crippen MR) is 66.3 cm³/mol. The molecule has 0 saturated heterocycles. The van der Waals surface area contributed by atoms with Gasteiger partial charge >= 0.3 is 6.03 Å². The van der Waals surface area contributed by atoms with Crippen LogP contribution in [0.1, 0.15) is 39.5 Å². The third kappa shape index (κ3) is 3.11. The van der Waals surface area contributed by atoms with Crippen molar-refractivity contribution in [2.45, 2.75) is 45.6 Å². The van der Waals surface area contributed by atoms with Gasteiger partial charge in [-0.25, -0.2) is 4.79 Å². The van der Waals surface area contributed by atoms with Gasteiger partial charge in [-0.15, -0.1) is 0 Å². The average Bonchev–Trinajstić information content (AvgIpc) is 2.75. The molecule has 2 atom stereocenters. The van der Waals surface area contributed by atoms with Gasteiger partial charge in [-0.05, 0) is 38.6 Å². The largest absolute Gasteiger partial charge is 0.338 e. The minimum Gasteiger partial charge on any atom is -0.338 e. The summed E-state index contributed by atoms with van der Waals surface area (Å²) in [7, 11) is 0. The van der Waals surface area contributed by atoms with Gasteiger partial charge in [-0.2, -0.15) is 0 Å². The van der Waals surface area contributed by atoms with Crippen LogP contribution in [-0.2, 0) is 0 Å². The monoisotopic (exact) mass is 227 g/mol. The molecule has 0 aromatic heterocycles. The molecule has 0 bridgehead atoms. The van der Waals surface area contributed by atoms with E-state index in [0.717, 1.165) is 25.9 Å². The van der Waals surface area contributed by atoms with Crippen molar-refractivity contribution in [1.29, 1.82) is 0 Å². The fourth-order valence-corrected chi connectivity index (χ4v) is 2.56. The number of carbonyl (C=O) groups is 1. The highest BCUT2D eigenvalue weighted by Gasteiger charge is 2.32. The van der Waals surface area contributed by atoms with Crippen LogP contribution in [0.25, 0.3) is 0 Å². The lowest BCUT2D eigenvalue weighted by atomic mass is 10.0. The number of rotatable bonds is 5. The molecule has 2 unspecified atom stereocenters. The molecule has 1 fully saturated rings. The summed E-state index contributed by atoms with van der Waals surface area (Å²) < 4.78 is 0. The Labute approximate surface area is 98.6 Å². The molecule has 94 valence electrons. The smallest absolute Gasteiger partial charge is 0.317 e. The van der Waals surface area contributed by atoms with Gasteiger partial charge < -0.3 is 16.0 Å². The van der Waals surface area contributed by atoms with Crippen molar-refractivity contribution < 1.29 is 4.79 Å². The SMILES string of the molecule is CCCNC(=O)N(CC)C1CCCC1CN. The summed E-state index contributed by atoms with van der Waals surface area (Å²) in [5.41, 5.74) is 5.76. The third-order valence-corrected chi connectivity index (χ3v) is 3.45. The summed E-state index contributed by atoms with van der Waals surface area (Å²) in [6.45, 7) is 6.33. The highest BCUT2D eigenvalue weighted by Crippen LogP contribution is 2.29. The molecular weight excluding hydrogens is 202 g/mol. The van der Waals surface area contributed by atoms with Crippen molar-refractivity contribution in [2.24, 2.45) is 11.7 Å². The fourth-order valence-electron chi connectivity index (χ4n) is 2.56. The maximum Gasteiger partial charge on any atom is 0.317 e. The van der Waals surface area contributed by atoms with Crippen LogP contribution in [0.2, 0.25) is 0 Å². The third-order valence-electron chi connectivity index (χ3n) is 3.45. The molecule has 0 radical (unpaired) electrons. The standard InChI is InChI=1S/C12H25N3O/c1-3-8-14-12(16)15(4-2)11-7-5-6-10(11)9-13/h10-11H,3-9,13H2,1-2H3,(H,14,16). The quantitative estimate of drug-likeness (QED) is 0.748. The zero-order valence-electron chi connectivity index (χ0n) is 10.5. The van der Waals surface area contributed by atoms with Crippen molar-refractivity contribution in [1.82, 2.24) is 10.2 Å². The van der Waals surface area contributed by atoms with Gasteiger partial charge in [-0.1, -0.05) is 13.3 Å². The fraction of sp³-hybridized carbons (Fsp3) is 0.917. The Morgan fingerprint density at radius 3 is 2.75 bits per heavy atom. The van der Waals surface area contributed by atoms with Gasteiger partial charge in [0.1, 0.15) is 0 Å². The summed E-state index contributed by atoms with van der Waals surface area (Å²) >= 11 is 0. The van der Waals surface area contributed by atoms with Crippen LogP contribution in [0.5, 0.6) is 0 Å². The predicted octanol–water partition coefficient (Wildman–Crippen LogP) is 1.56. The molecule has 16 heavy (non-hydrogen) atoms. The van der Waals surface area contributed by atoms with Crippen LogP contribution in [0.15, 0.2) is 0 Å². The Bertz CT molecular complexity index is 220. The number of urea groups is 1. The first kappa shape index (κ1) is 13.3. The maximum atomic E-state index is 12.0. The van der Waals surface area contributed by atoms with E-state index in [1.807, 2.05) is 11.8 Å². The minimum absolute atomic E-state index is 0.0784. The molecule has 0 heterocycles. The Morgan fingerprint density at radius 2 is 2.19 bits per heavy atom. The first-order chi connectivity index (χ1) is 7.74. The van der Waals surface area contributed by atoms with E-state index in [4.69, 9.17) is 5.73 Å². The van der Waals surface area contributed by atoms with Crippen molar-refractivity contribution in [3.63, 3.8) is 0 Å². The second kappa shape index (κ2) is 6.74. The van der Waals surface area contributed by atoms with E-state index in [1.165, 1.54) is 12.8 Å². The number of hydrogen-bond donors (Lipinski definition) is 2. The molecular formula is C12H25N3O. The molecule has 0 aliphatic heterocycles. The highest BCUT2D eigenvalue weighted by molar-refractivity contribution is 5.74. The molecule has 0 spiro atoms. The Hall–Kier alpha value is -0.770. The molecule has 0 aromatic rings. The second-order valence-electron chi connectivity index (χ2n) is 4.51. The zero-order valence-corrected chi connectivity index (χ0v) is 10.5. The Morgan fingerprint density at radius 1 is 1.44 bits per heavy atom. The molecule has 4 nitrogen and oxygen atoms in total. The van der Waals surface area contributed by atoms with E-state index in [2.05, 4.69) is 12.2 Å². The van der Waals surface area contributed by atoms with E-state index < -0.39 is 0 Å². The first-order valence-corrected chi connectivity index (χ1v) is 6.49. The molecule has 1 rings (SSSR count). The summed E-state index contributed by atoms with van der Waals surface area (Å²) in [5.74, 6) is 0.493. The molecule has 1 aliphatic rings. The topological polar surface area (TPSA) is 58.4 Å². The van der Waals surface area contributed by atoms with Crippen LogP contribution in [0.3, 0.4) is 0 Å². The van der Waals surface area contributed by atoms with Crippen molar-refractivity contribution in [2.75, 3.05) is 19.6 Å². The molecule has 1 aliphatic carbocycles. The number of amides is 2. The highest BCUT2D eigenvalue weighted by atomic mass is 16.2. The summed E-state index contributed by atoms with van der Waals surface area (Å²) in [5, 5.41) is 2.95. The molecule has 0 aromatic carbocycles. The van der Waals surface area contributed by atoms with Gasteiger partial charge in [0.2, 0.25) is 0 Å². The van der Waals surface area contributed by atoms with Crippen LogP contribution in [0.4, 0.5) is 4.79 Å². The summed E-state index contributed by atoms with van der Waals surface area (Å²) in [6, 6.07) is 0.432. The van der Waals surface area contributed by atoms with E-state index in [-0.39, 0.29) is 6.03 Å². The second-order valence-corrected chi connectivity index (χ2v) is 4.51. The van der Waals surface area contributed by atoms with E-state index in [0.29, 0.717) is 18.5 Å². The normalized spacial score (nSPS) is 24.4. The number of nitrogens with one attached hydrogen (secondary N) is 1. The minimum atomic E-state index is 0.0784. The lowest BCUT2D eigenvalue weighted by Gasteiger charge is -2.31. The lowest BCUT2D eigenvalue weighted by molar-refractivity contribution is 0.163. The average molecular weight is 227 g/mol. The molecule has 2 amide bonds. The Kier molecular flexibility index (Phi) is 5.60. The number of nitrogens with zero attached hydrogens (tertiary/aromatic N) is 1. The molecule has 3 N–H and O–H groups in total. The maximum absolute atomic E-state index is 12.0. The summed E-state index contributed by atoms with van der Waals surface area (Å²) in [6.07, 6.45) is 4.45. The van der Waals surface area contributed by atoms with E-state index in [1.54, 1.807) is 0 Å². The van der Waals surface area contributed by atoms with Gasteiger partial charge in [0.25, 0.3) is 0 Å². The van der Waals surface area contributed by atoms with Gasteiger partial charge in [-0.3, -0.25) is 0 Å². The van der Waals surface area contributed by atoms with Gasteiger partial charge in [0.05, 0.1) is 0 Å². The number of hydrogen-bond acceptors (Lipinski definition) is 2. The lowest BCUT2D eigenvalue weighted by Crippen LogP contribution is -2.48. The van der Waals surface area contributed by atoms with Crippen molar-refractivity contribution in [3.05, 3.63) is 0 Å². The van der Waals surface area contributed by atoms with Gasteiger partial charge in [0, 0.05) is 19.1 Å². The number of carbonyl (C=O) groups excluding carboxylic acids is 1. The molecule has 4 heteroatoms. The molecule has 1 saturated carbocycles. The number of nitrogens with two attached hydrogens (primary N) is 1. The van der Waals surface area contributed by atoms with Crippen LogP contribution < -0.4 is 11.1 Å². The van der Waals surface area contributed by atoms with Crippen LogP contribution >= 0.6 is 0 Å². The van der Waals surface area contributed by atoms with E-state index in [9.17, 15) is 4.79 Å². The summed E-state index contributed by atoms with van der Waals surface area (Å²) in [4.78, 5) is 13.9. The zero-order chi connectivity index (χ0) is 12.0. The van der Waals surface area contributed by atoms with Crippen molar-refractivity contribution in [3.8, 4) is 0 Å². The van der Waals surface area contributed by atoms with Crippen LogP contribution in [0, 0.1) is 5.92 Å². The van der Waals surface area contributed by atoms with Crippen LogP contribution in [-0.4, -0.2) is 36.6 Å². The van der Waals surface area contributed by atoms with E-state index >= 15 is 0 Å². The first-order valence-electron chi connectivity index (χ1n) is 6.49. The van der Waals surface area contributed by atoms with Gasteiger partial charge in [0.15, 0.2) is 0 Å². The Balaban J connectivity index is 2.55.